The van der Waals surface area contributed by atoms with Crippen LogP contribution in [-0.2, 0) is 6.61 Å². The molecule has 15 heavy (non-hydrogen) atoms. The van der Waals surface area contributed by atoms with E-state index < -0.39 is 0 Å². The summed E-state index contributed by atoms with van der Waals surface area (Å²) in [6.07, 6.45) is 7.12. The molecule has 0 aromatic carbocycles. The lowest BCUT2D eigenvalue weighted by Gasteiger charge is -2.34. The summed E-state index contributed by atoms with van der Waals surface area (Å²) in [6, 6.07) is 0.530. The first-order valence-electron chi connectivity index (χ1n) is 5.49. The minimum Gasteiger partial charge on any atom is -0.390 e. The summed E-state index contributed by atoms with van der Waals surface area (Å²) in [7, 11) is 0. The highest BCUT2D eigenvalue weighted by molar-refractivity contribution is 5.38. The molecule has 1 N–H and O–H groups in total. The van der Waals surface area contributed by atoms with E-state index in [0.29, 0.717) is 11.7 Å². The van der Waals surface area contributed by atoms with E-state index in [9.17, 15) is 0 Å². The Morgan fingerprint density at radius 1 is 1.47 bits per heavy atom. The third kappa shape index (κ3) is 2.26. The van der Waals surface area contributed by atoms with Crippen molar-refractivity contribution in [2.24, 2.45) is 0 Å². The molecule has 1 aromatic heterocycles. The highest BCUT2D eigenvalue weighted by Crippen LogP contribution is 2.22. The molecule has 0 unspecified atom stereocenters. The molecule has 1 atom stereocenters. The fourth-order valence-corrected chi connectivity index (χ4v) is 2.05. The summed E-state index contributed by atoms with van der Waals surface area (Å²) in [4.78, 5) is 10.8. The second-order valence-electron chi connectivity index (χ2n) is 4.06. The van der Waals surface area contributed by atoms with Crippen LogP contribution in [-0.4, -0.2) is 27.7 Å². The standard InChI is InChI=1S/C11H17N3O/c1-9-4-2-3-5-14(9)11-7-12-6-10(8-15)13-11/h6-7,9,15H,2-5,8H2,1H3/t9-/m1/s1. The van der Waals surface area contributed by atoms with Crippen molar-refractivity contribution in [1.82, 2.24) is 9.97 Å². The topological polar surface area (TPSA) is 49.2 Å². The number of hydrogen-bond acceptors (Lipinski definition) is 4. The van der Waals surface area contributed by atoms with Gasteiger partial charge in [-0.05, 0) is 26.2 Å². The van der Waals surface area contributed by atoms with Gasteiger partial charge in [-0.3, -0.25) is 4.98 Å². The molecule has 4 heteroatoms. The van der Waals surface area contributed by atoms with Crippen molar-refractivity contribution in [3.05, 3.63) is 18.1 Å². The first kappa shape index (κ1) is 10.4. The number of piperidine rings is 1. The van der Waals surface area contributed by atoms with Crippen molar-refractivity contribution in [2.75, 3.05) is 11.4 Å². The second-order valence-corrected chi connectivity index (χ2v) is 4.06. The van der Waals surface area contributed by atoms with Gasteiger partial charge < -0.3 is 10.0 Å². The maximum Gasteiger partial charge on any atom is 0.147 e. The first-order chi connectivity index (χ1) is 7.31. The van der Waals surface area contributed by atoms with Gasteiger partial charge in [-0.15, -0.1) is 0 Å². The van der Waals surface area contributed by atoms with Crippen LogP contribution in [0.2, 0.25) is 0 Å². The third-order valence-corrected chi connectivity index (χ3v) is 2.93. The SMILES string of the molecule is C[C@@H]1CCCCN1c1cncc(CO)n1. The molecule has 0 saturated carbocycles. The molecule has 1 saturated heterocycles. The Bertz CT molecular complexity index is 329. The summed E-state index contributed by atoms with van der Waals surface area (Å²) in [5.41, 5.74) is 0.644. The molecule has 0 radical (unpaired) electrons. The van der Waals surface area contributed by atoms with E-state index in [2.05, 4.69) is 21.8 Å². The zero-order chi connectivity index (χ0) is 10.7. The fourth-order valence-electron chi connectivity index (χ4n) is 2.05. The van der Waals surface area contributed by atoms with Crippen LogP contribution in [0.15, 0.2) is 12.4 Å². The Morgan fingerprint density at radius 3 is 3.07 bits per heavy atom. The molecule has 1 aliphatic rings. The molecule has 0 spiro atoms. The highest BCUT2D eigenvalue weighted by atomic mass is 16.3. The van der Waals surface area contributed by atoms with E-state index in [4.69, 9.17) is 5.11 Å². The largest absolute Gasteiger partial charge is 0.390 e. The maximum atomic E-state index is 9.01. The fraction of sp³-hybridized carbons (Fsp3) is 0.636. The van der Waals surface area contributed by atoms with Gasteiger partial charge in [0.2, 0.25) is 0 Å². The lowest BCUT2D eigenvalue weighted by Crippen LogP contribution is -2.38. The maximum absolute atomic E-state index is 9.01. The predicted molar refractivity (Wildman–Crippen MR) is 58.6 cm³/mol. The van der Waals surface area contributed by atoms with Crippen LogP contribution in [0.4, 0.5) is 5.82 Å². The lowest BCUT2D eigenvalue weighted by molar-refractivity contribution is 0.276. The summed E-state index contributed by atoms with van der Waals surface area (Å²) in [6.45, 7) is 3.22. The van der Waals surface area contributed by atoms with Crippen LogP contribution in [0, 0.1) is 0 Å². The Labute approximate surface area is 90.0 Å². The summed E-state index contributed by atoms with van der Waals surface area (Å²) in [5, 5.41) is 9.01. The average Bonchev–Trinajstić information content (AvgIpc) is 2.30. The molecule has 2 heterocycles. The van der Waals surface area contributed by atoms with E-state index >= 15 is 0 Å². The van der Waals surface area contributed by atoms with Crippen molar-refractivity contribution in [2.45, 2.75) is 38.8 Å². The number of hydrogen-bond donors (Lipinski definition) is 1. The molecule has 82 valence electrons. The van der Waals surface area contributed by atoms with Crippen LogP contribution >= 0.6 is 0 Å². The van der Waals surface area contributed by atoms with Gasteiger partial charge in [0.25, 0.3) is 0 Å². The van der Waals surface area contributed by atoms with Crippen molar-refractivity contribution in [1.29, 1.82) is 0 Å². The summed E-state index contributed by atoms with van der Waals surface area (Å²) in [5.74, 6) is 0.897. The number of aliphatic hydroxyl groups excluding tert-OH is 1. The van der Waals surface area contributed by atoms with E-state index in [1.54, 1.807) is 12.4 Å². The smallest absolute Gasteiger partial charge is 0.147 e. The number of nitrogens with zero attached hydrogens (tertiary/aromatic N) is 3. The average molecular weight is 207 g/mol. The molecule has 1 aliphatic heterocycles. The normalized spacial score (nSPS) is 21.7. The molecular weight excluding hydrogens is 190 g/mol. The van der Waals surface area contributed by atoms with Crippen molar-refractivity contribution in [3.63, 3.8) is 0 Å². The zero-order valence-corrected chi connectivity index (χ0v) is 9.06. The van der Waals surface area contributed by atoms with E-state index in [0.717, 1.165) is 12.4 Å². The van der Waals surface area contributed by atoms with Gasteiger partial charge in [-0.2, -0.15) is 0 Å². The third-order valence-electron chi connectivity index (χ3n) is 2.93. The minimum atomic E-state index is -0.0386. The Kier molecular flexibility index (Phi) is 3.16. The molecular formula is C11H17N3O. The van der Waals surface area contributed by atoms with Crippen LogP contribution in [0.5, 0.6) is 0 Å². The van der Waals surface area contributed by atoms with Gasteiger partial charge in [-0.1, -0.05) is 0 Å². The molecule has 1 aromatic rings. The Balaban J connectivity index is 2.19. The van der Waals surface area contributed by atoms with E-state index in [1.807, 2.05) is 0 Å². The molecule has 2 rings (SSSR count). The van der Waals surface area contributed by atoms with Crippen LogP contribution in [0.3, 0.4) is 0 Å². The van der Waals surface area contributed by atoms with Gasteiger partial charge in [0, 0.05) is 12.6 Å². The van der Waals surface area contributed by atoms with Gasteiger partial charge in [0.1, 0.15) is 5.82 Å². The number of aromatic nitrogens is 2. The molecule has 4 nitrogen and oxygen atoms in total. The Hall–Kier alpha value is -1.16. The van der Waals surface area contributed by atoms with Crippen LogP contribution < -0.4 is 4.90 Å². The molecule has 0 bridgehead atoms. The van der Waals surface area contributed by atoms with Gasteiger partial charge in [0.05, 0.1) is 24.7 Å². The molecule has 0 aliphatic carbocycles. The highest BCUT2D eigenvalue weighted by Gasteiger charge is 2.19. The van der Waals surface area contributed by atoms with Crippen molar-refractivity contribution in [3.8, 4) is 0 Å². The first-order valence-corrected chi connectivity index (χ1v) is 5.49. The van der Waals surface area contributed by atoms with Crippen molar-refractivity contribution < 1.29 is 5.11 Å². The van der Waals surface area contributed by atoms with Gasteiger partial charge in [0.15, 0.2) is 0 Å². The summed E-state index contributed by atoms with van der Waals surface area (Å²) >= 11 is 0. The quantitative estimate of drug-likeness (QED) is 0.795. The lowest BCUT2D eigenvalue weighted by atomic mass is 10.0. The summed E-state index contributed by atoms with van der Waals surface area (Å²) < 4.78 is 0. The minimum absolute atomic E-state index is 0.0386. The monoisotopic (exact) mass is 207 g/mol. The molecule has 0 amide bonds. The van der Waals surface area contributed by atoms with Crippen LogP contribution in [0.1, 0.15) is 31.9 Å². The zero-order valence-electron chi connectivity index (χ0n) is 9.06. The van der Waals surface area contributed by atoms with Crippen molar-refractivity contribution >= 4 is 5.82 Å². The van der Waals surface area contributed by atoms with Gasteiger partial charge >= 0.3 is 0 Å². The van der Waals surface area contributed by atoms with E-state index in [-0.39, 0.29) is 6.61 Å². The second kappa shape index (κ2) is 4.57. The van der Waals surface area contributed by atoms with Gasteiger partial charge in [-0.25, -0.2) is 4.98 Å². The molecule has 1 fully saturated rings. The van der Waals surface area contributed by atoms with E-state index in [1.165, 1.54) is 19.3 Å². The van der Waals surface area contributed by atoms with Crippen LogP contribution in [0.25, 0.3) is 0 Å². The number of aliphatic hydroxyl groups is 1. The number of rotatable bonds is 2. The Morgan fingerprint density at radius 2 is 2.33 bits per heavy atom. The predicted octanol–water partition coefficient (Wildman–Crippen LogP) is 1.35. The number of anilines is 1.